The Balaban J connectivity index is 2.32. The monoisotopic (exact) mass is 319 g/mol. The molecule has 9 heteroatoms. The van der Waals surface area contributed by atoms with Gasteiger partial charge in [0.1, 0.15) is 4.21 Å². The Labute approximate surface area is 121 Å². The van der Waals surface area contributed by atoms with Crippen LogP contribution in [0, 0.1) is 16.0 Å². The molecule has 0 bridgehead atoms. The largest absolute Gasteiger partial charge is 0.374 e. The second-order valence-electron chi connectivity index (χ2n) is 5.39. The van der Waals surface area contributed by atoms with Crippen LogP contribution in [-0.2, 0) is 10.0 Å². The van der Waals surface area contributed by atoms with Gasteiger partial charge in [-0.2, -0.15) is 0 Å². The molecule has 0 aromatic carbocycles. The summed E-state index contributed by atoms with van der Waals surface area (Å²) in [5, 5.41) is 13.8. The van der Waals surface area contributed by atoms with E-state index in [2.05, 4.69) is 10.0 Å². The molecule has 1 aliphatic carbocycles. The van der Waals surface area contributed by atoms with Crippen molar-refractivity contribution in [2.24, 2.45) is 5.92 Å². The van der Waals surface area contributed by atoms with Crippen molar-refractivity contribution in [3.63, 3.8) is 0 Å². The molecule has 0 aliphatic heterocycles. The average molecular weight is 319 g/mol. The topological polar surface area (TPSA) is 101 Å². The number of nitrogens with zero attached hydrogens (tertiary/aromatic N) is 1. The van der Waals surface area contributed by atoms with Crippen LogP contribution in [0.4, 0.5) is 10.7 Å². The summed E-state index contributed by atoms with van der Waals surface area (Å²) >= 11 is 0.864. The molecule has 1 aromatic rings. The maximum Gasteiger partial charge on any atom is 0.304 e. The normalized spacial score (nSPS) is 16.1. The third-order valence-corrected chi connectivity index (χ3v) is 6.66. The molecule has 2 N–H and O–H groups in total. The molecule has 1 aliphatic rings. The Hall–Kier alpha value is -1.19. The smallest absolute Gasteiger partial charge is 0.304 e. The summed E-state index contributed by atoms with van der Waals surface area (Å²) < 4.78 is 27.3. The molecular formula is C11H17N3O4S2. The van der Waals surface area contributed by atoms with Gasteiger partial charge in [-0.15, -0.1) is 0 Å². The summed E-state index contributed by atoms with van der Waals surface area (Å²) in [6.07, 6.45) is 2.00. The number of hydrogen-bond acceptors (Lipinski definition) is 6. The molecular weight excluding hydrogens is 302 g/mol. The standard InChI is InChI=1S/C11H17N3O4S2/c1-11(2,7-4-5-7)13-20(17,18)9-6-8(14(15)16)10(12-3)19-9/h6-7,12-13H,4-5H2,1-3H3. The van der Waals surface area contributed by atoms with Crippen LogP contribution in [0.15, 0.2) is 10.3 Å². The molecule has 0 spiro atoms. The minimum atomic E-state index is -3.74. The lowest BCUT2D eigenvalue weighted by Gasteiger charge is -2.25. The van der Waals surface area contributed by atoms with E-state index in [0.29, 0.717) is 5.92 Å². The number of sulfonamides is 1. The van der Waals surface area contributed by atoms with Gasteiger partial charge in [0.2, 0.25) is 0 Å². The van der Waals surface area contributed by atoms with Crippen molar-refractivity contribution >= 4 is 32.0 Å². The zero-order valence-electron chi connectivity index (χ0n) is 11.5. The fraction of sp³-hybridized carbons (Fsp3) is 0.636. The van der Waals surface area contributed by atoms with Crippen molar-refractivity contribution in [2.45, 2.75) is 36.4 Å². The minimum absolute atomic E-state index is 0.0396. The first-order valence-electron chi connectivity index (χ1n) is 6.17. The molecule has 0 radical (unpaired) electrons. The first kappa shape index (κ1) is 15.2. The number of rotatable bonds is 6. The number of thiophene rings is 1. The van der Waals surface area contributed by atoms with E-state index in [1.165, 1.54) is 7.05 Å². The zero-order chi connectivity index (χ0) is 15.1. The van der Waals surface area contributed by atoms with Crippen LogP contribution in [0.25, 0.3) is 0 Å². The van der Waals surface area contributed by atoms with Crippen LogP contribution < -0.4 is 10.0 Å². The summed E-state index contributed by atoms with van der Waals surface area (Å²) in [5.41, 5.74) is -0.751. The Morgan fingerprint density at radius 2 is 2.05 bits per heavy atom. The van der Waals surface area contributed by atoms with Gasteiger partial charge in [-0.3, -0.25) is 10.1 Å². The molecule has 1 aromatic heterocycles. The molecule has 0 atom stereocenters. The van der Waals surface area contributed by atoms with Crippen molar-refractivity contribution in [1.29, 1.82) is 0 Å². The summed E-state index contributed by atoms with van der Waals surface area (Å²) in [6, 6.07) is 1.10. The minimum Gasteiger partial charge on any atom is -0.374 e. The van der Waals surface area contributed by atoms with E-state index in [9.17, 15) is 18.5 Å². The SMILES string of the molecule is CNc1sc(S(=O)(=O)NC(C)(C)C2CC2)cc1[N+](=O)[O-]. The van der Waals surface area contributed by atoms with E-state index in [1.807, 2.05) is 13.8 Å². The second-order valence-corrected chi connectivity index (χ2v) is 8.35. The third-order valence-electron chi connectivity index (χ3n) is 3.37. The Kier molecular flexibility index (Phi) is 3.78. The number of hydrogen-bond donors (Lipinski definition) is 2. The van der Waals surface area contributed by atoms with Gasteiger partial charge in [0.05, 0.1) is 4.92 Å². The Bertz CT molecular complexity index is 632. The molecule has 1 heterocycles. The van der Waals surface area contributed by atoms with Crippen LogP contribution in [-0.4, -0.2) is 25.9 Å². The van der Waals surface area contributed by atoms with Gasteiger partial charge in [-0.05, 0) is 32.6 Å². The van der Waals surface area contributed by atoms with E-state index in [0.717, 1.165) is 30.2 Å². The van der Waals surface area contributed by atoms with Gasteiger partial charge in [-0.25, -0.2) is 13.1 Å². The lowest BCUT2D eigenvalue weighted by molar-refractivity contribution is -0.383. The molecule has 20 heavy (non-hydrogen) atoms. The lowest BCUT2D eigenvalue weighted by Crippen LogP contribution is -2.44. The van der Waals surface area contributed by atoms with Gasteiger partial charge in [-0.1, -0.05) is 11.3 Å². The van der Waals surface area contributed by atoms with Crippen molar-refractivity contribution in [3.05, 3.63) is 16.2 Å². The van der Waals surface area contributed by atoms with Crippen molar-refractivity contribution in [1.82, 2.24) is 4.72 Å². The van der Waals surface area contributed by atoms with E-state index >= 15 is 0 Å². The van der Waals surface area contributed by atoms with E-state index < -0.39 is 20.5 Å². The average Bonchev–Trinajstić information content (AvgIpc) is 3.07. The predicted molar refractivity (Wildman–Crippen MR) is 77.6 cm³/mol. The quantitative estimate of drug-likeness (QED) is 0.618. The van der Waals surface area contributed by atoms with Gasteiger partial charge in [0, 0.05) is 18.7 Å². The van der Waals surface area contributed by atoms with Crippen molar-refractivity contribution in [3.8, 4) is 0 Å². The molecule has 112 valence electrons. The van der Waals surface area contributed by atoms with E-state index in [-0.39, 0.29) is 14.9 Å². The van der Waals surface area contributed by atoms with Gasteiger partial charge in [0.25, 0.3) is 10.0 Å². The fourth-order valence-corrected chi connectivity index (χ4v) is 4.84. The van der Waals surface area contributed by atoms with Gasteiger partial charge < -0.3 is 5.32 Å². The summed E-state index contributed by atoms with van der Waals surface area (Å²) in [5.74, 6) is 0.330. The lowest BCUT2D eigenvalue weighted by atomic mass is 10.0. The van der Waals surface area contributed by atoms with Crippen LogP contribution in [0.3, 0.4) is 0 Å². The molecule has 2 rings (SSSR count). The molecule has 0 unspecified atom stereocenters. The first-order chi connectivity index (χ1) is 9.17. The Morgan fingerprint density at radius 1 is 1.45 bits per heavy atom. The highest BCUT2D eigenvalue weighted by Crippen LogP contribution is 2.41. The second kappa shape index (κ2) is 4.97. The first-order valence-corrected chi connectivity index (χ1v) is 8.47. The molecule has 7 nitrogen and oxygen atoms in total. The molecule has 1 saturated carbocycles. The summed E-state index contributed by atoms with van der Waals surface area (Å²) in [4.78, 5) is 10.3. The highest BCUT2D eigenvalue weighted by Gasteiger charge is 2.41. The van der Waals surface area contributed by atoms with Crippen molar-refractivity contribution in [2.75, 3.05) is 12.4 Å². The van der Waals surface area contributed by atoms with Gasteiger partial charge in [0.15, 0.2) is 5.00 Å². The summed E-state index contributed by atoms with van der Waals surface area (Å²) in [6.45, 7) is 3.67. The van der Waals surface area contributed by atoms with Crippen LogP contribution >= 0.6 is 11.3 Å². The predicted octanol–water partition coefficient (Wildman–Crippen LogP) is 2.16. The van der Waals surface area contributed by atoms with E-state index in [4.69, 9.17) is 0 Å². The summed E-state index contributed by atoms with van der Waals surface area (Å²) in [7, 11) is -2.22. The highest BCUT2D eigenvalue weighted by molar-refractivity contribution is 7.91. The fourth-order valence-electron chi connectivity index (χ4n) is 2.09. The third kappa shape index (κ3) is 2.94. The maximum atomic E-state index is 12.3. The van der Waals surface area contributed by atoms with Crippen LogP contribution in [0.2, 0.25) is 0 Å². The zero-order valence-corrected chi connectivity index (χ0v) is 13.1. The number of nitrogens with one attached hydrogen (secondary N) is 2. The van der Waals surface area contributed by atoms with E-state index in [1.54, 1.807) is 0 Å². The maximum absolute atomic E-state index is 12.3. The Morgan fingerprint density at radius 3 is 2.45 bits per heavy atom. The van der Waals surface area contributed by atoms with Crippen molar-refractivity contribution < 1.29 is 13.3 Å². The van der Waals surface area contributed by atoms with Crippen LogP contribution in [0.5, 0.6) is 0 Å². The number of anilines is 1. The number of nitro groups is 1. The molecule has 0 saturated heterocycles. The molecule has 1 fully saturated rings. The van der Waals surface area contributed by atoms with Gasteiger partial charge >= 0.3 is 5.69 Å². The van der Waals surface area contributed by atoms with Crippen LogP contribution in [0.1, 0.15) is 26.7 Å². The highest BCUT2D eigenvalue weighted by atomic mass is 32.2. The molecule has 0 amide bonds.